The molecule has 5 nitrogen and oxygen atoms in total. The summed E-state index contributed by atoms with van der Waals surface area (Å²) in [5, 5.41) is 2.69. The number of methoxy groups -OCH3 is 1. The molecule has 1 heterocycles. The molecule has 1 amide bonds. The van der Waals surface area contributed by atoms with Crippen molar-refractivity contribution in [1.82, 2.24) is 5.32 Å². The maximum Gasteiger partial charge on any atom is 0.328 e. The highest BCUT2D eigenvalue weighted by Gasteiger charge is 2.24. The van der Waals surface area contributed by atoms with Gasteiger partial charge < -0.3 is 14.5 Å². The number of nitrogens with one attached hydrogen (secondary N) is 1. The van der Waals surface area contributed by atoms with Crippen LogP contribution in [-0.4, -0.2) is 25.0 Å². The van der Waals surface area contributed by atoms with Gasteiger partial charge in [-0.3, -0.25) is 4.79 Å². The van der Waals surface area contributed by atoms with Gasteiger partial charge >= 0.3 is 5.97 Å². The summed E-state index contributed by atoms with van der Waals surface area (Å²) >= 11 is 5.58. The van der Waals surface area contributed by atoms with Crippen molar-refractivity contribution >= 4 is 23.5 Å². The molecule has 1 atom stereocenters. The van der Waals surface area contributed by atoms with Crippen molar-refractivity contribution in [2.75, 3.05) is 7.11 Å². The maximum absolute atomic E-state index is 11.8. The molecule has 0 aromatic carbocycles. The molecule has 0 fully saturated rings. The number of carbonyl (C=O) groups is 2. The first-order chi connectivity index (χ1) is 8.43. The number of esters is 1. The molecule has 1 N–H and O–H groups in total. The van der Waals surface area contributed by atoms with E-state index in [1.54, 1.807) is 0 Å². The Kier molecular flexibility index (Phi) is 5.22. The topological polar surface area (TPSA) is 68.5 Å². The van der Waals surface area contributed by atoms with Gasteiger partial charge in [-0.05, 0) is 36.1 Å². The average molecular weight is 274 g/mol. The van der Waals surface area contributed by atoms with Gasteiger partial charge in [-0.25, -0.2) is 4.79 Å². The van der Waals surface area contributed by atoms with Crippen molar-refractivity contribution in [3.63, 3.8) is 0 Å². The summed E-state index contributed by atoms with van der Waals surface area (Å²) in [5.41, 5.74) is 0. The van der Waals surface area contributed by atoms with Crippen LogP contribution in [0, 0.1) is 5.92 Å². The molecule has 0 aliphatic rings. The van der Waals surface area contributed by atoms with Crippen LogP contribution in [0.25, 0.3) is 0 Å². The lowest BCUT2D eigenvalue weighted by Crippen LogP contribution is -2.42. The zero-order valence-electron chi connectivity index (χ0n) is 10.5. The van der Waals surface area contributed by atoms with E-state index in [0.717, 1.165) is 0 Å². The Labute approximate surface area is 110 Å². The Hall–Kier alpha value is -1.49. The number of carbonyl (C=O) groups excluding carboxylic acids is 2. The lowest BCUT2D eigenvalue weighted by molar-refractivity contribution is -0.143. The predicted octanol–water partition coefficient (Wildman–Crippen LogP) is 2.25. The maximum atomic E-state index is 11.8. The molecule has 0 spiro atoms. The molecule has 1 unspecified atom stereocenters. The Morgan fingerprint density at radius 1 is 1.44 bits per heavy atom. The molecule has 0 saturated carbocycles. The van der Waals surface area contributed by atoms with E-state index in [4.69, 9.17) is 16.0 Å². The summed E-state index contributed by atoms with van der Waals surface area (Å²) in [4.78, 5) is 23.3. The largest absolute Gasteiger partial charge is 0.467 e. The van der Waals surface area contributed by atoms with Crippen molar-refractivity contribution in [3.05, 3.63) is 23.1 Å². The highest BCUT2D eigenvalue weighted by molar-refractivity contribution is 6.29. The summed E-state index contributed by atoms with van der Waals surface area (Å²) in [5.74, 6) is -0.653. The minimum absolute atomic E-state index is 0.0673. The predicted molar refractivity (Wildman–Crippen MR) is 66.4 cm³/mol. The number of furan rings is 1. The van der Waals surface area contributed by atoms with E-state index in [1.165, 1.54) is 19.2 Å². The van der Waals surface area contributed by atoms with E-state index in [1.807, 2.05) is 13.8 Å². The van der Waals surface area contributed by atoms with Crippen LogP contribution in [0.3, 0.4) is 0 Å². The van der Waals surface area contributed by atoms with Crippen molar-refractivity contribution in [2.45, 2.75) is 26.3 Å². The molecule has 1 rings (SSSR count). The second-order valence-electron chi connectivity index (χ2n) is 4.28. The zero-order valence-corrected chi connectivity index (χ0v) is 11.3. The van der Waals surface area contributed by atoms with Crippen LogP contribution in [0.5, 0.6) is 0 Å². The molecule has 0 aliphatic carbocycles. The minimum atomic E-state index is -0.689. The molecule has 18 heavy (non-hydrogen) atoms. The Morgan fingerprint density at radius 2 is 2.11 bits per heavy atom. The second kappa shape index (κ2) is 6.44. The third kappa shape index (κ3) is 4.07. The van der Waals surface area contributed by atoms with Gasteiger partial charge in [0.15, 0.2) is 11.0 Å². The second-order valence-corrected chi connectivity index (χ2v) is 4.66. The third-order valence-corrected chi connectivity index (χ3v) is 2.50. The van der Waals surface area contributed by atoms with Crippen LogP contribution in [0.4, 0.5) is 0 Å². The number of ether oxygens (including phenoxy) is 1. The molecule has 0 bridgehead atoms. The van der Waals surface area contributed by atoms with Crippen molar-refractivity contribution in [1.29, 1.82) is 0 Å². The monoisotopic (exact) mass is 273 g/mol. The van der Waals surface area contributed by atoms with Crippen molar-refractivity contribution < 1.29 is 18.7 Å². The lowest BCUT2D eigenvalue weighted by atomic mass is 10.0. The Balaban J connectivity index is 2.71. The Bertz CT molecular complexity index is 427. The van der Waals surface area contributed by atoms with Crippen LogP contribution in [-0.2, 0) is 9.53 Å². The normalized spacial score (nSPS) is 12.3. The van der Waals surface area contributed by atoms with Gasteiger partial charge in [-0.2, -0.15) is 0 Å². The highest BCUT2D eigenvalue weighted by atomic mass is 35.5. The minimum Gasteiger partial charge on any atom is -0.467 e. The summed E-state index contributed by atoms with van der Waals surface area (Å²) in [6.07, 6.45) is 0.493. The number of rotatable bonds is 5. The molecular weight excluding hydrogens is 258 g/mol. The van der Waals surface area contributed by atoms with Gasteiger partial charge in [0.05, 0.1) is 7.11 Å². The summed E-state index contributed by atoms with van der Waals surface area (Å²) in [7, 11) is 1.28. The standard InChI is InChI=1S/C12H16ClNO4/c1-7(2)6-8(12(16)17-3)14-11(15)9-4-5-10(13)18-9/h4-5,7-8H,6H2,1-3H3,(H,14,15). The first-order valence-corrected chi connectivity index (χ1v) is 5.96. The van der Waals surface area contributed by atoms with Crippen LogP contribution in [0.2, 0.25) is 5.22 Å². The smallest absolute Gasteiger partial charge is 0.328 e. The summed E-state index contributed by atoms with van der Waals surface area (Å²) < 4.78 is 9.61. The molecular formula is C12H16ClNO4. The summed E-state index contributed by atoms with van der Waals surface area (Å²) in [6, 6.07) is 2.22. The van der Waals surface area contributed by atoms with E-state index in [2.05, 4.69) is 10.1 Å². The Morgan fingerprint density at radius 3 is 2.56 bits per heavy atom. The van der Waals surface area contributed by atoms with Gasteiger partial charge in [-0.1, -0.05) is 13.8 Å². The van der Waals surface area contributed by atoms with Gasteiger partial charge in [0.1, 0.15) is 6.04 Å². The number of hydrogen-bond donors (Lipinski definition) is 1. The lowest BCUT2D eigenvalue weighted by Gasteiger charge is -2.17. The summed E-state index contributed by atoms with van der Waals surface area (Å²) in [6.45, 7) is 3.90. The molecule has 1 aromatic rings. The van der Waals surface area contributed by atoms with Crippen LogP contribution in [0.15, 0.2) is 16.5 Å². The van der Waals surface area contributed by atoms with E-state index < -0.39 is 17.9 Å². The van der Waals surface area contributed by atoms with Crippen molar-refractivity contribution in [2.24, 2.45) is 5.92 Å². The van der Waals surface area contributed by atoms with E-state index in [-0.39, 0.29) is 16.9 Å². The molecule has 6 heteroatoms. The van der Waals surface area contributed by atoms with Gasteiger partial charge in [0.2, 0.25) is 0 Å². The highest BCUT2D eigenvalue weighted by Crippen LogP contribution is 2.14. The van der Waals surface area contributed by atoms with E-state index in [0.29, 0.717) is 6.42 Å². The first kappa shape index (κ1) is 14.6. The molecule has 1 aromatic heterocycles. The molecule has 0 aliphatic heterocycles. The SMILES string of the molecule is COC(=O)C(CC(C)C)NC(=O)c1ccc(Cl)o1. The van der Waals surface area contributed by atoms with E-state index >= 15 is 0 Å². The fourth-order valence-corrected chi connectivity index (χ4v) is 1.64. The van der Waals surface area contributed by atoms with Gasteiger partial charge in [-0.15, -0.1) is 0 Å². The third-order valence-electron chi connectivity index (χ3n) is 2.30. The van der Waals surface area contributed by atoms with Crippen LogP contribution < -0.4 is 5.32 Å². The van der Waals surface area contributed by atoms with Crippen molar-refractivity contribution in [3.8, 4) is 0 Å². The number of hydrogen-bond acceptors (Lipinski definition) is 4. The average Bonchev–Trinajstić information content (AvgIpc) is 2.73. The van der Waals surface area contributed by atoms with Gasteiger partial charge in [0, 0.05) is 0 Å². The number of halogens is 1. The molecule has 100 valence electrons. The first-order valence-electron chi connectivity index (χ1n) is 5.58. The van der Waals surface area contributed by atoms with Crippen LogP contribution >= 0.6 is 11.6 Å². The van der Waals surface area contributed by atoms with Gasteiger partial charge in [0.25, 0.3) is 5.91 Å². The molecule has 0 radical (unpaired) electrons. The zero-order chi connectivity index (χ0) is 13.7. The fraction of sp³-hybridized carbons (Fsp3) is 0.500. The quantitative estimate of drug-likeness (QED) is 0.836. The van der Waals surface area contributed by atoms with Crippen LogP contribution in [0.1, 0.15) is 30.8 Å². The number of amides is 1. The molecule has 0 saturated heterocycles. The fourth-order valence-electron chi connectivity index (χ4n) is 1.49. The van der Waals surface area contributed by atoms with E-state index in [9.17, 15) is 9.59 Å².